The molecule has 2 rings (SSSR count). The van der Waals surface area contributed by atoms with Gasteiger partial charge in [0.25, 0.3) is 0 Å². The van der Waals surface area contributed by atoms with Crippen LogP contribution in [0, 0.1) is 0 Å². The molecule has 0 saturated heterocycles. The first kappa shape index (κ1) is 13.0. The van der Waals surface area contributed by atoms with Gasteiger partial charge in [-0.1, -0.05) is 15.9 Å². The van der Waals surface area contributed by atoms with Gasteiger partial charge in [-0.25, -0.2) is 4.79 Å². The summed E-state index contributed by atoms with van der Waals surface area (Å²) < 4.78 is 12.4. The van der Waals surface area contributed by atoms with Gasteiger partial charge in [-0.05, 0) is 18.2 Å². The second-order valence-electron chi connectivity index (χ2n) is 3.72. The average molecular weight is 313 g/mol. The van der Waals surface area contributed by atoms with Crippen molar-refractivity contribution in [3.63, 3.8) is 0 Å². The smallest absolute Gasteiger partial charge is 0.359 e. The van der Waals surface area contributed by atoms with E-state index in [0.29, 0.717) is 18.8 Å². The van der Waals surface area contributed by atoms with Gasteiger partial charge in [0.05, 0.1) is 25.8 Å². The van der Waals surface area contributed by atoms with Crippen molar-refractivity contribution in [2.75, 3.05) is 20.8 Å². The van der Waals surface area contributed by atoms with Gasteiger partial charge < -0.3 is 9.47 Å². The molecule has 0 aliphatic rings. The molecule has 0 fully saturated rings. The van der Waals surface area contributed by atoms with E-state index in [0.717, 1.165) is 15.4 Å². The van der Waals surface area contributed by atoms with Crippen LogP contribution >= 0.6 is 15.9 Å². The Hall–Kier alpha value is -1.40. The summed E-state index contributed by atoms with van der Waals surface area (Å²) in [7, 11) is 2.98. The van der Waals surface area contributed by atoms with Crippen molar-refractivity contribution in [1.82, 2.24) is 9.78 Å². The minimum atomic E-state index is -0.436. The molecule has 5 nitrogen and oxygen atoms in total. The summed E-state index contributed by atoms with van der Waals surface area (Å²) in [5, 5.41) is 5.05. The predicted molar refractivity (Wildman–Crippen MR) is 70.6 cm³/mol. The predicted octanol–water partition coefficient (Wildman–Crippen LogP) is 2.23. The fraction of sp³-hybridized carbons (Fsp3) is 0.333. The summed E-state index contributed by atoms with van der Waals surface area (Å²) in [5.74, 6) is -0.436. The number of fused-ring (bicyclic) bond motifs is 1. The highest BCUT2D eigenvalue weighted by atomic mass is 79.9. The van der Waals surface area contributed by atoms with E-state index in [1.54, 1.807) is 11.8 Å². The largest absolute Gasteiger partial charge is 0.464 e. The van der Waals surface area contributed by atoms with E-state index in [9.17, 15) is 4.79 Å². The number of nitrogens with zero attached hydrogens (tertiary/aromatic N) is 2. The first-order valence-corrected chi connectivity index (χ1v) is 6.20. The van der Waals surface area contributed by atoms with Crippen molar-refractivity contribution in [3.8, 4) is 0 Å². The average Bonchev–Trinajstić information content (AvgIpc) is 2.73. The van der Waals surface area contributed by atoms with Gasteiger partial charge in [0.1, 0.15) is 0 Å². The third-order valence-electron chi connectivity index (χ3n) is 2.60. The molecule has 0 N–H and O–H groups in total. The molecule has 1 aromatic carbocycles. The summed E-state index contributed by atoms with van der Waals surface area (Å²) in [6.45, 7) is 1.12. The maximum atomic E-state index is 11.7. The Bertz CT molecular complexity index is 580. The van der Waals surface area contributed by atoms with Crippen molar-refractivity contribution in [3.05, 3.63) is 28.4 Å². The summed E-state index contributed by atoms with van der Waals surface area (Å²) >= 11 is 3.39. The first-order valence-electron chi connectivity index (χ1n) is 5.40. The quantitative estimate of drug-likeness (QED) is 0.812. The molecular formula is C12H13BrN2O3. The van der Waals surface area contributed by atoms with Crippen molar-refractivity contribution in [1.29, 1.82) is 0 Å². The Balaban J connectivity index is 2.56. The van der Waals surface area contributed by atoms with Gasteiger partial charge in [0.15, 0.2) is 5.69 Å². The number of ether oxygens (including phenoxy) is 2. The van der Waals surface area contributed by atoms with E-state index < -0.39 is 5.97 Å². The number of aromatic nitrogens is 2. The zero-order valence-electron chi connectivity index (χ0n) is 10.1. The highest BCUT2D eigenvalue weighted by Crippen LogP contribution is 2.23. The molecule has 18 heavy (non-hydrogen) atoms. The second-order valence-corrected chi connectivity index (χ2v) is 4.63. The first-order chi connectivity index (χ1) is 8.67. The number of rotatable bonds is 4. The van der Waals surface area contributed by atoms with Crippen molar-refractivity contribution >= 4 is 32.8 Å². The molecule has 0 unspecified atom stereocenters. The van der Waals surface area contributed by atoms with Gasteiger partial charge >= 0.3 is 5.97 Å². The number of hydrogen-bond donors (Lipinski definition) is 0. The number of esters is 1. The van der Waals surface area contributed by atoms with Crippen LogP contribution in [0.25, 0.3) is 10.9 Å². The molecule has 0 aliphatic carbocycles. The van der Waals surface area contributed by atoms with Crippen molar-refractivity contribution < 1.29 is 14.3 Å². The van der Waals surface area contributed by atoms with Gasteiger partial charge in [-0.3, -0.25) is 4.68 Å². The van der Waals surface area contributed by atoms with Gasteiger partial charge in [-0.2, -0.15) is 5.10 Å². The Morgan fingerprint density at radius 1 is 1.44 bits per heavy atom. The standard InChI is InChI=1S/C12H13BrN2O3/c1-17-6-5-15-10-4-3-8(13)7-9(10)11(14-15)12(16)18-2/h3-4,7H,5-6H2,1-2H3. The van der Waals surface area contributed by atoms with E-state index in [1.165, 1.54) is 7.11 Å². The van der Waals surface area contributed by atoms with Crippen LogP contribution in [0.1, 0.15) is 10.5 Å². The number of hydrogen-bond acceptors (Lipinski definition) is 4. The van der Waals surface area contributed by atoms with Crippen LogP contribution in [-0.4, -0.2) is 36.6 Å². The van der Waals surface area contributed by atoms with Gasteiger partial charge in [0, 0.05) is 17.0 Å². The minimum Gasteiger partial charge on any atom is -0.464 e. The number of carbonyl (C=O) groups excluding carboxylic acids is 1. The Kier molecular flexibility index (Phi) is 3.98. The Labute approximate surface area is 113 Å². The molecule has 0 saturated carbocycles. The second kappa shape index (κ2) is 5.49. The molecule has 0 aliphatic heterocycles. The summed E-state index contributed by atoms with van der Waals surface area (Å²) in [6, 6.07) is 5.68. The molecule has 0 amide bonds. The maximum absolute atomic E-state index is 11.7. The maximum Gasteiger partial charge on any atom is 0.359 e. The molecule has 1 aromatic heterocycles. The summed E-state index contributed by atoms with van der Waals surface area (Å²) in [6.07, 6.45) is 0. The zero-order chi connectivity index (χ0) is 13.1. The monoisotopic (exact) mass is 312 g/mol. The molecule has 6 heteroatoms. The highest BCUT2D eigenvalue weighted by Gasteiger charge is 2.17. The lowest BCUT2D eigenvalue weighted by atomic mass is 10.2. The fourth-order valence-electron chi connectivity index (χ4n) is 1.75. The van der Waals surface area contributed by atoms with Crippen molar-refractivity contribution in [2.45, 2.75) is 6.54 Å². The van der Waals surface area contributed by atoms with Crippen LogP contribution in [0.5, 0.6) is 0 Å². The van der Waals surface area contributed by atoms with E-state index in [1.807, 2.05) is 18.2 Å². The molecule has 0 atom stereocenters. The Morgan fingerprint density at radius 2 is 2.22 bits per heavy atom. The zero-order valence-corrected chi connectivity index (χ0v) is 11.7. The van der Waals surface area contributed by atoms with Crippen LogP contribution < -0.4 is 0 Å². The molecule has 1 heterocycles. The van der Waals surface area contributed by atoms with Gasteiger partial charge in [0.2, 0.25) is 0 Å². The lowest BCUT2D eigenvalue weighted by molar-refractivity contribution is 0.0594. The lowest BCUT2D eigenvalue weighted by Gasteiger charge is -2.01. The SMILES string of the molecule is COCCn1nc(C(=O)OC)c2cc(Br)ccc21. The topological polar surface area (TPSA) is 53.4 Å². The number of halogens is 1. The number of benzene rings is 1. The van der Waals surface area contributed by atoms with Crippen LogP contribution in [0.15, 0.2) is 22.7 Å². The molecule has 96 valence electrons. The number of methoxy groups -OCH3 is 2. The van der Waals surface area contributed by atoms with Crippen LogP contribution in [0.4, 0.5) is 0 Å². The molecule has 0 radical (unpaired) electrons. The molecule has 2 aromatic rings. The lowest BCUT2D eigenvalue weighted by Crippen LogP contribution is -2.08. The van der Waals surface area contributed by atoms with E-state index in [2.05, 4.69) is 21.0 Å². The van der Waals surface area contributed by atoms with Crippen LogP contribution in [-0.2, 0) is 16.0 Å². The summed E-state index contributed by atoms with van der Waals surface area (Å²) in [4.78, 5) is 11.7. The molecule has 0 spiro atoms. The highest BCUT2D eigenvalue weighted by molar-refractivity contribution is 9.10. The number of carbonyl (C=O) groups is 1. The minimum absolute atomic E-state index is 0.324. The third kappa shape index (κ3) is 2.39. The normalized spacial score (nSPS) is 10.8. The Morgan fingerprint density at radius 3 is 2.89 bits per heavy atom. The summed E-state index contributed by atoms with van der Waals surface area (Å²) in [5.41, 5.74) is 1.21. The van der Waals surface area contributed by atoms with Crippen molar-refractivity contribution in [2.24, 2.45) is 0 Å². The third-order valence-corrected chi connectivity index (χ3v) is 3.09. The van der Waals surface area contributed by atoms with Crippen LogP contribution in [0.3, 0.4) is 0 Å². The molecule has 0 bridgehead atoms. The molecular weight excluding hydrogens is 300 g/mol. The fourth-order valence-corrected chi connectivity index (χ4v) is 2.11. The van der Waals surface area contributed by atoms with E-state index in [4.69, 9.17) is 9.47 Å². The van der Waals surface area contributed by atoms with E-state index in [-0.39, 0.29) is 0 Å². The van der Waals surface area contributed by atoms with Crippen LogP contribution in [0.2, 0.25) is 0 Å². The van der Waals surface area contributed by atoms with E-state index >= 15 is 0 Å². The van der Waals surface area contributed by atoms with Gasteiger partial charge in [-0.15, -0.1) is 0 Å².